The first-order chi connectivity index (χ1) is 12.5. The molecule has 0 atom stereocenters. The largest absolute Gasteiger partial charge is 0.473 e. The molecule has 0 aliphatic carbocycles. The lowest BCUT2D eigenvalue weighted by atomic mass is 9.98. The Labute approximate surface area is 161 Å². The Bertz CT molecular complexity index is 869. The lowest BCUT2D eigenvalue weighted by Crippen LogP contribution is -2.07. The van der Waals surface area contributed by atoms with Crippen molar-refractivity contribution < 1.29 is 17.9 Å². The van der Waals surface area contributed by atoms with E-state index in [0.717, 1.165) is 17.7 Å². The van der Waals surface area contributed by atoms with E-state index in [2.05, 4.69) is 4.98 Å². The summed E-state index contributed by atoms with van der Waals surface area (Å²) in [6.07, 6.45) is -2.91. The summed E-state index contributed by atoms with van der Waals surface area (Å²) >= 11 is 0. The number of aromatic nitrogens is 1. The summed E-state index contributed by atoms with van der Waals surface area (Å²) in [7, 11) is 0. The van der Waals surface area contributed by atoms with E-state index in [1.54, 1.807) is 12.1 Å². The molecule has 3 nitrogen and oxygen atoms in total. The zero-order valence-electron chi connectivity index (χ0n) is 14.2. The standard InChI is InChI=1S/C20H17F3N2O.ClH/c21-20(22,23)17-8-6-15(11-24)18(10-17)16-7-9-19(25-12-16)26-13-14-4-2-1-3-5-14;/h1-10,12H,11,13,24H2;1H. The minimum atomic E-state index is -4.41. The smallest absolute Gasteiger partial charge is 0.416 e. The van der Waals surface area contributed by atoms with Crippen LogP contribution in [0.15, 0.2) is 66.9 Å². The van der Waals surface area contributed by atoms with Gasteiger partial charge in [0, 0.05) is 24.4 Å². The molecule has 2 N–H and O–H groups in total. The SMILES string of the molecule is Cl.NCc1ccc(C(F)(F)F)cc1-c1ccc(OCc2ccccc2)nc1. The van der Waals surface area contributed by atoms with Crippen molar-refractivity contribution in [1.82, 2.24) is 4.98 Å². The Morgan fingerprint density at radius 1 is 0.963 bits per heavy atom. The second-order valence-electron chi connectivity index (χ2n) is 5.73. The summed E-state index contributed by atoms with van der Waals surface area (Å²) in [6.45, 7) is 0.504. The zero-order valence-corrected chi connectivity index (χ0v) is 15.1. The van der Waals surface area contributed by atoms with E-state index in [9.17, 15) is 13.2 Å². The average Bonchev–Trinajstić information content (AvgIpc) is 2.66. The van der Waals surface area contributed by atoms with Gasteiger partial charge in [0.2, 0.25) is 5.88 Å². The van der Waals surface area contributed by atoms with Gasteiger partial charge in [-0.15, -0.1) is 12.4 Å². The minimum Gasteiger partial charge on any atom is -0.473 e. The first-order valence-corrected chi connectivity index (χ1v) is 8.00. The van der Waals surface area contributed by atoms with Crippen LogP contribution in [0.25, 0.3) is 11.1 Å². The van der Waals surface area contributed by atoms with Crippen molar-refractivity contribution in [3.8, 4) is 17.0 Å². The van der Waals surface area contributed by atoms with Crippen molar-refractivity contribution in [1.29, 1.82) is 0 Å². The Kier molecular flexibility index (Phi) is 6.82. The van der Waals surface area contributed by atoms with Gasteiger partial charge in [-0.3, -0.25) is 0 Å². The third-order valence-corrected chi connectivity index (χ3v) is 3.93. The Balaban J connectivity index is 0.00000261. The molecular formula is C20H18ClF3N2O. The van der Waals surface area contributed by atoms with E-state index in [-0.39, 0.29) is 19.0 Å². The topological polar surface area (TPSA) is 48.1 Å². The number of pyridine rings is 1. The molecule has 0 aliphatic rings. The predicted octanol–water partition coefficient (Wildman–Crippen LogP) is 5.23. The molecule has 0 saturated heterocycles. The molecule has 0 radical (unpaired) electrons. The fourth-order valence-electron chi connectivity index (χ4n) is 2.56. The molecular weight excluding hydrogens is 377 g/mol. The van der Waals surface area contributed by atoms with Crippen molar-refractivity contribution in [2.45, 2.75) is 19.3 Å². The molecule has 0 aliphatic heterocycles. The van der Waals surface area contributed by atoms with Crippen LogP contribution in [-0.4, -0.2) is 4.98 Å². The number of ether oxygens (including phenoxy) is 1. The first-order valence-electron chi connectivity index (χ1n) is 8.00. The summed E-state index contributed by atoms with van der Waals surface area (Å²) in [5.41, 5.74) is 7.55. The van der Waals surface area contributed by atoms with Crippen molar-refractivity contribution in [3.63, 3.8) is 0 Å². The number of halogens is 4. The van der Waals surface area contributed by atoms with Crippen LogP contribution in [0.1, 0.15) is 16.7 Å². The average molecular weight is 395 g/mol. The molecule has 1 aromatic heterocycles. The number of hydrogen-bond donors (Lipinski definition) is 1. The van der Waals surface area contributed by atoms with E-state index in [0.29, 0.717) is 29.2 Å². The molecule has 0 spiro atoms. The van der Waals surface area contributed by atoms with Gasteiger partial charge in [-0.1, -0.05) is 36.4 Å². The maximum atomic E-state index is 13.0. The van der Waals surface area contributed by atoms with Gasteiger partial charge in [-0.25, -0.2) is 4.98 Å². The molecule has 0 fully saturated rings. The molecule has 7 heteroatoms. The molecule has 3 aromatic rings. The van der Waals surface area contributed by atoms with E-state index < -0.39 is 11.7 Å². The highest BCUT2D eigenvalue weighted by Gasteiger charge is 2.31. The second-order valence-corrected chi connectivity index (χ2v) is 5.73. The lowest BCUT2D eigenvalue weighted by molar-refractivity contribution is -0.137. The maximum absolute atomic E-state index is 13.0. The molecule has 142 valence electrons. The van der Waals surface area contributed by atoms with E-state index in [1.807, 2.05) is 30.3 Å². The van der Waals surface area contributed by atoms with Crippen LogP contribution in [0.5, 0.6) is 5.88 Å². The monoisotopic (exact) mass is 394 g/mol. The fourth-order valence-corrected chi connectivity index (χ4v) is 2.56. The number of hydrogen-bond acceptors (Lipinski definition) is 3. The molecule has 0 bridgehead atoms. The highest BCUT2D eigenvalue weighted by Crippen LogP contribution is 2.34. The molecule has 1 heterocycles. The van der Waals surface area contributed by atoms with Gasteiger partial charge in [-0.2, -0.15) is 13.2 Å². The Morgan fingerprint density at radius 2 is 1.70 bits per heavy atom. The highest BCUT2D eigenvalue weighted by atomic mass is 35.5. The van der Waals surface area contributed by atoms with Gasteiger partial charge < -0.3 is 10.5 Å². The Hall–Kier alpha value is -2.57. The Morgan fingerprint density at radius 3 is 2.30 bits per heavy atom. The third-order valence-electron chi connectivity index (χ3n) is 3.93. The van der Waals surface area contributed by atoms with Gasteiger partial charge in [0.1, 0.15) is 6.61 Å². The van der Waals surface area contributed by atoms with Crippen LogP contribution < -0.4 is 10.5 Å². The van der Waals surface area contributed by atoms with E-state index in [1.165, 1.54) is 12.3 Å². The summed E-state index contributed by atoms with van der Waals surface area (Å²) < 4.78 is 44.5. The molecule has 0 amide bonds. The normalized spacial score (nSPS) is 11.0. The summed E-state index contributed by atoms with van der Waals surface area (Å²) in [5, 5.41) is 0. The van der Waals surface area contributed by atoms with Crippen LogP contribution in [0.4, 0.5) is 13.2 Å². The third kappa shape index (κ3) is 5.21. The van der Waals surface area contributed by atoms with E-state index >= 15 is 0 Å². The van der Waals surface area contributed by atoms with Crippen LogP contribution in [0, 0.1) is 0 Å². The minimum absolute atomic E-state index is 0. The van der Waals surface area contributed by atoms with Crippen LogP contribution in [0.3, 0.4) is 0 Å². The highest BCUT2D eigenvalue weighted by molar-refractivity contribution is 5.85. The van der Waals surface area contributed by atoms with E-state index in [4.69, 9.17) is 10.5 Å². The molecule has 0 unspecified atom stereocenters. The lowest BCUT2D eigenvalue weighted by Gasteiger charge is -2.13. The number of benzene rings is 2. The number of nitrogens with two attached hydrogens (primary N) is 1. The van der Waals surface area contributed by atoms with Crippen molar-refractivity contribution in [2.75, 3.05) is 0 Å². The van der Waals surface area contributed by atoms with Crippen molar-refractivity contribution >= 4 is 12.4 Å². The second kappa shape index (κ2) is 8.88. The summed E-state index contributed by atoms with van der Waals surface area (Å²) in [4.78, 5) is 4.19. The predicted molar refractivity (Wildman–Crippen MR) is 101 cm³/mol. The quantitative estimate of drug-likeness (QED) is 0.644. The van der Waals surface area contributed by atoms with Gasteiger partial charge in [0.05, 0.1) is 5.56 Å². The van der Waals surface area contributed by atoms with Crippen molar-refractivity contribution in [3.05, 3.63) is 83.6 Å². The van der Waals surface area contributed by atoms with Gasteiger partial charge >= 0.3 is 6.18 Å². The summed E-state index contributed by atoms with van der Waals surface area (Å²) in [6, 6.07) is 16.5. The van der Waals surface area contributed by atoms with Crippen LogP contribution in [-0.2, 0) is 19.3 Å². The molecule has 0 saturated carbocycles. The van der Waals surface area contributed by atoms with Crippen LogP contribution in [0.2, 0.25) is 0 Å². The number of alkyl halides is 3. The number of nitrogens with zero attached hydrogens (tertiary/aromatic N) is 1. The molecule has 27 heavy (non-hydrogen) atoms. The van der Waals surface area contributed by atoms with Gasteiger partial charge in [0.15, 0.2) is 0 Å². The van der Waals surface area contributed by atoms with Gasteiger partial charge in [0.25, 0.3) is 0 Å². The first kappa shape index (κ1) is 20.7. The maximum Gasteiger partial charge on any atom is 0.416 e. The van der Waals surface area contributed by atoms with Crippen molar-refractivity contribution in [2.24, 2.45) is 5.73 Å². The number of rotatable bonds is 5. The molecule has 2 aromatic carbocycles. The fraction of sp³-hybridized carbons (Fsp3) is 0.150. The molecule has 3 rings (SSSR count). The van der Waals surface area contributed by atoms with Gasteiger partial charge in [-0.05, 0) is 34.9 Å². The van der Waals surface area contributed by atoms with Crippen LogP contribution >= 0.6 is 12.4 Å². The zero-order chi connectivity index (χ0) is 18.6. The summed E-state index contributed by atoms with van der Waals surface area (Å²) in [5.74, 6) is 0.402.